The van der Waals surface area contributed by atoms with Gasteiger partial charge in [-0.1, -0.05) is 6.92 Å². The topological polar surface area (TPSA) is 58.1 Å². The van der Waals surface area contributed by atoms with Gasteiger partial charge in [0.15, 0.2) is 5.96 Å². The average Bonchev–Trinajstić information content (AvgIpc) is 2.70. The third-order valence-electron chi connectivity index (χ3n) is 5.09. The van der Waals surface area contributed by atoms with E-state index in [-0.39, 0.29) is 29.7 Å². The second-order valence-corrected chi connectivity index (χ2v) is 7.46. The predicted octanol–water partition coefficient (Wildman–Crippen LogP) is 4.09. The fourth-order valence-corrected chi connectivity index (χ4v) is 3.59. The van der Waals surface area contributed by atoms with E-state index in [9.17, 15) is 8.78 Å². The normalized spacial score (nSPS) is 17.4. The fraction of sp³-hybridized carbons (Fsp3) is 0.667. The minimum Gasteiger partial charge on any atom is -0.497 e. The molecule has 1 fully saturated rings. The maximum Gasteiger partial charge on any atom is 0.387 e. The Labute approximate surface area is 195 Å². The molecule has 0 radical (unpaired) electrons. The number of piperidine rings is 1. The molecule has 0 bridgehead atoms. The number of guanidine groups is 1. The highest BCUT2D eigenvalue weighted by Gasteiger charge is 2.15. The Hall–Kier alpha value is -1.36. The molecule has 1 heterocycles. The van der Waals surface area contributed by atoms with E-state index in [1.165, 1.54) is 39.1 Å². The van der Waals surface area contributed by atoms with E-state index in [2.05, 4.69) is 32.2 Å². The van der Waals surface area contributed by atoms with Crippen LogP contribution in [-0.2, 0) is 6.54 Å². The largest absolute Gasteiger partial charge is 0.497 e. The van der Waals surface area contributed by atoms with Crippen molar-refractivity contribution in [3.05, 3.63) is 23.8 Å². The van der Waals surface area contributed by atoms with Gasteiger partial charge in [-0.2, -0.15) is 8.78 Å². The zero-order valence-electron chi connectivity index (χ0n) is 18.1. The lowest BCUT2D eigenvalue weighted by Gasteiger charge is -2.30. The van der Waals surface area contributed by atoms with Crippen LogP contribution in [0.2, 0.25) is 0 Å². The van der Waals surface area contributed by atoms with Gasteiger partial charge < -0.3 is 25.0 Å². The summed E-state index contributed by atoms with van der Waals surface area (Å²) in [5.74, 6) is 2.14. The molecule has 30 heavy (non-hydrogen) atoms. The summed E-state index contributed by atoms with van der Waals surface area (Å²) in [6, 6.07) is 4.76. The first kappa shape index (κ1) is 26.7. The van der Waals surface area contributed by atoms with Gasteiger partial charge in [0, 0.05) is 32.2 Å². The lowest BCUT2D eigenvalue weighted by Crippen LogP contribution is -2.38. The zero-order valence-corrected chi connectivity index (χ0v) is 20.5. The Balaban J connectivity index is 0.00000450. The van der Waals surface area contributed by atoms with Crippen molar-refractivity contribution in [2.24, 2.45) is 10.9 Å². The Morgan fingerprint density at radius 3 is 2.77 bits per heavy atom. The maximum atomic E-state index is 12.6. The van der Waals surface area contributed by atoms with Gasteiger partial charge in [-0.25, -0.2) is 0 Å². The van der Waals surface area contributed by atoms with Crippen LogP contribution in [0.15, 0.2) is 23.2 Å². The highest BCUT2D eigenvalue weighted by molar-refractivity contribution is 14.0. The number of likely N-dealkylation sites (tertiary alicyclic amines) is 1. The number of hydrogen-bond acceptors (Lipinski definition) is 4. The Bertz CT molecular complexity index is 649. The van der Waals surface area contributed by atoms with Crippen molar-refractivity contribution >= 4 is 29.9 Å². The molecule has 172 valence electrons. The van der Waals surface area contributed by atoms with E-state index in [4.69, 9.17) is 4.74 Å². The molecular formula is C21H35F2IN4O2. The molecule has 0 aliphatic carbocycles. The lowest BCUT2D eigenvalue weighted by atomic mass is 10.0. The summed E-state index contributed by atoms with van der Waals surface area (Å²) in [6.45, 7) is 4.11. The predicted molar refractivity (Wildman–Crippen MR) is 127 cm³/mol. The van der Waals surface area contributed by atoms with Gasteiger partial charge >= 0.3 is 6.61 Å². The third kappa shape index (κ3) is 9.63. The monoisotopic (exact) mass is 540 g/mol. The number of ether oxygens (including phenoxy) is 2. The van der Waals surface area contributed by atoms with Crippen LogP contribution in [-0.4, -0.2) is 57.8 Å². The van der Waals surface area contributed by atoms with Gasteiger partial charge in [-0.05, 0) is 62.9 Å². The van der Waals surface area contributed by atoms with E-state index in [0.717, 1.165) is 31.8 Å². The minimum absolute atomic E-state index is 0. The zero-order chi connectivity index (χ0) is 21.1. The molecule has 2 N–H and O–H groups in total. The SMILES string of the molecule is CN=C(NCCCCN1CCCC(C)C1)NCc1cc(OC)ccc1OC(F)F.I. The van der Waals surface area contributed by atoms with Crippen LogP contribution in [0.4, 0.5) is 8.78 Å². The molecule has 0 amide bonds. The molecule has 1 atom stereocenters. The number of aliphatic imine (C=N–C) groups is 1. The quantitative estimate of drug-likeness (QED) is 0.203. The first-order chi connectivity index (χ1) is 14.0. The second kappa shape index (κ2) is 14.6. The molecule has 1 saturated heterocycles. The van der Waals surface area contributed by atoms with Crippen molar-refractivity contribution in [3.63, 3.8) is 0 Å². The van der Waals surface area contributed by atoms with Gasteiger partial charge in [0.05, 0.1) is 7.11 Å². The van der Waals surface area contributed by atoms with Crippen molar-refractivity contribution in [1.82, 2.24) is 15.5 Å². The Morgan fingerprint density at radius 1 is 1.30 bits per heavy atom. The highest BCUT2D eigenvalue weighted by Crippen LogP contribution is 2.25. The van der Waals surface area contributed by atoms with Crippen LogP contribution < -0.4 is 20.1 Å². The second-order valence-electron chi connectivity index (χ2n) is 7.46. The summed E-state index contributed by atoms with van der Waals surface area (Å²) >= 11 is 0. The summed E-state index contributed by atoms with van der Waals surface area (Å²) in [7, 11) is 3.22. The van der Waals surface area contributed by atoms with Gasteiger partial charge in [0.1, 0.15) is 11.5 Å². The van der Waals surface area contributed by atoms with Crippen molar-refractivity contribution in [2.45, 2.75) is 45.8 Å². The number of rotatable bonds is 10. The molecule has 0 saturated carbocycles. The van der Waals surface area contributed by atoms with Crippen molar-refractivity contribution in [2.75, 3.05) is 40.3 Å². The minimum atomic E-state index is -2.87. The number of alkyl halides is 2. The fourth-order valence-electron chi connectivity index (χ4n) is 3.59. The smallest absolute Gasteiger partial charge is 0.387 e. The number of nitrogens with zero attached hydrogens (tertiary/aromatic N) is 2. The molecule has 1 aromatic rings. The van der Waals surface area contributed by atoms with Crippen molar-refractivity contribution < 1.29 is 18.3 Å². The lowest BCUT2D eigenvalue weighted by molar-refractivity contribution is -0.0504. The molecule has 1 aliphatic heterocycles. The molecule has 1 unspecified atom stereocenters. The number of methoxy groups -OCH3 is 1. The third-order valence-corrected chi connectivity index (χ3v) is 5.09. The number of hydrogen-bond donors (Lipinski definition) is 2. The number of nitrogens with one attached hydrogen (secondary N) is 2. The standard InChI is InChI=1S/C21H34F2N4O2.HI/c1-16-7-6-12-27(15-16)11-5-4-10-25-21(24-2)26-14-17-13-18(28-3)8-9-19(17)29-20(22)23;/h8-9,13,16,20H,4-7,10-12,14-15H2,1-3H3,(H2,24,25,26);1H. The number of halogens is 3. The summed E-state index contributed by atoms with van der Waals surface area (Å²) in [5.41, 5.74) is 0.576. The summed E-state index contributed by atoms with van der Waals surface area (Å²) < 4.78 is 35.0. The van der Waals surface area contributed by atoms with Crippen LogP contribution in [0.5, 0.6) is 11.5 Å². The molecule has 1 aliphatic rings. The van der Waals surface area contributed by atoms with Crippen LogP contribution in [0.3, 0.4) is 0 Å². The summed E-state index contributed by atoms with van der Waals surface area (Å²) in [5, 5.41) is 6.42. The van der Waals surface area contributed by atoms with Gasteiger partial charge in [0.2, 0.25) is 0 Å². The Morgan fingerprint density at radius 2 is 2.10 bits per heavy atom. The molecule has 6 nitrogen and oxygen atoms in total. The van der Waals surface area contributed by atoms with E-state index < -0.39 is 6.61 Å². The molecular weight excluding hydrogens is 505 g/mol. The number of benzene rings is 1. The number of unbranched alkanes of at least 4 members (excludes halogenated alkanes) is 1. The maximum absolute atomic E-state index is 12.6. The molecule has 9 heteroatoms. The first-order valence-corrected chi connectivity index (χ1v) is 10.3. The Kier molecular flexibility index (Phi) is 13.0. The van der Waals surface area contributed by atoms with Crippen LogP contribution in [0.1, 0.15) is 38.2 Å². The van der Waals surface area contributed by atoms with Crippen LogP contribution >= 0.6 is 24.0 Å². The van der Waals surface area contributed by atoms with Crippen molar-refractivity contribution in [3.8, 4) is 11.5 Å². The summed E-state index contributed by atoms with van der Waals surface area (Å²) in [4.78, 5) is 6.75. The van der Waals surface area contributed by atoms with Gasteiger partial charge in [0.25, 0.3) is 0 Å². The molecule has 1 aromatic carbocycles. The molecule has 0 spiro atoms. The van der Waals surface area contributed by atoms with E-state index in [0.29, 0.717) is 23.8 Å². The van der Waals surface area contributed by atoms with E-state index in [1.54, 1.807) is 19.2 Å². The average molecular weight is 540 g/mol. The van der Waals surface area contributed by atoms with Crippen LogP contribution in [0, 0.1) is 5.92 Å². The molecule has 2 rings (SSSR count). The van der Waals surface area contributed by atoms with Gasteiger partial charge in [-0.15, -0.1) is 24.0 Å². The van der Waals surface area contributed by atoms with Crippen LogP contribution in [0.25, 0.3) is 0 Å². The van der Waals surface area contributed by atoms with Crippen molar-refractivity contribution in [1.29, 1.82) is 0 Å². The first-order valence-electron chi connectivity index (χ1n) is 10.3. The van der Waals surface area contributed by atoms with Gasteiger partial charge in [-0.3, -0.25) is 4.99 Å². The highest BCUT2D eigenvalue weighted by atomic mass is 127. The van der Waals surface area contributed by atoms with E-state index in [1.807, 2.05) is 0 Å². The molecule has 0 aromatic heterocycles. The summed E-state index contributed by atoms with van der Waals surface area (Å²) in [6.07, 6.45) is 4.83. The van der Waals surface area contributed by atoms with E-state index >= 15 is 0 Å².